The number of methoxy groups -OCH3 is 1. The number of fused-ring (bicyclic) bond motifs is 16. The molecule has 12 heteroatoms. The van der Waals surface area contributed by atoms with E-state index in [4.69, 9.17) is 28.4 Å². The van der Waals surface area contributed by atoms with E-state index in [-0.39, 0.29) is 0 Å². The van der Waals surface area contributed by atoms with Crippen LogP contribution in [0, 0.1) is 88.8 Å². The average molecular weight is 1400 g/mol. The maximum absolute atomic E-state index is 6.04. The topological polar surface area (TPSA) is 80.8 Å². The fourth-order valence-electron chi connectivity index (χ4n) is 26.0. The number of nitrogens with zero attached hydrogens (tertiary/aromatic N) is 5. The molecule has 14 saturated carbocycles. The summed E-state index contributed by atoms with van der Waals surface area (Å²) in [6.45, 7) is 37.6. The highest BCUT2D eigenvalue weighted by molar-refractivity contribution is 5.04. The van der Waals surface area contributed by atoms with E-state index in [1.807, 2.05) is 6.92 Å². The van der Waals surface area contributed by atoms with E-state index in [0.29, 0.717) is 36.2 Å². The van der Waals surface area contributed by atoms with E-state index in [0.717, 1.165) is 159 Å². The second-order valence-corrected chi connectivity index (χ2v) is 36.8. The molecule has 580 valence electrons. The third-order valence-electron chi connectivity index (χ3n) is 30.3. The van der Waals surface area contributed by atoms with Crippen LogP contribution in [-0.2, 0) is 33.2 Å². The third-order valence-corrected chi connectivity index (χ3v) is 30.3. The maximum Gasteiger partial charge on any atom is 0.110 e. The Morgan fingerprint density at radius 1 is 0.330 bits per heavy atom. The zero-order valence-corrected chi connectivity index (χ0v) is 67.2. The van der Waals surface area contributed by atoms with Gasteiger partial charge in [0.15, 0.2) is 0 Å². The highest BCUT2D eigenvalue weighted by Gasteiger charge is 2.52. The number of hydrogen-bond acceptors (Lipinski definition) is 12. The summed E-state index contributed by atoms with van der Waals surface area (Å²) in [6.07, 6.45) is 54.9. The van der Waals surface area contributed by atoms with Gasteiger partial charge in [0.1, 0.15) is 6.23 Å². The Balaban J connectivity index is 0.000000113. The van der Waals surface area contributed by atoms with Crippen LogP contribution in [0.4, 0.5) is 0 Å². The van der Waals surface area contributed by atoms with E-state index in [1.165, 1.54) is 271 Å². The highest BCUT2D eigenvalue weighted by atomic mass is 16.5. The first-order valence-corrected chi connectivity index (χ1v) is 44.7. The van der Waals surface area contributed by atoms with Gasteiger partial charge in [0.2, 0.25) is 0 Å². The number of piperidine rings is 10. The van der Waals surface area contributed by atoms with Crippen molar-refractivity contribution in [3.63, 3.8) is 0 Å². The highest BCUT2D eigenvalue weighted by Crippen LogP contribution is 2.57. The van der Waals surface area contributed by atoms with Gasteiger partial charge >= 0.3 is 0 Å². The van der Waals surface area contributed by atoms with Crippen molar-refractivity contribution in [3.05, 3.63) is 0 Å². The molecule has 0 aromatic heterocycles. The number of rotatable bonds is 15. The summed E-state index contributed by atoms with van der Waals surface area (Å²) in [4.78, 5) is 13.0. The zero-order valence-electron chi connectivity index (χ0n) is 67.2. The number of ether oxygens (including phenoxy) is 7. The molecule has 0 aromatic carbocycles. The van der Waals surface area contributed by atoms with Gasteiger partial charge in [0, 0.05) is 123 Å². The molecule has 10 heterocycles. The number of likely N-dealkylation sites (tertiary alicyclic amines) is 2. The Labute approximate surface area is 616 Å². The molecule has 0 amide bonds. The fourth-order valence-corrected chi connectivity index (χ4v) is 26.0. The Morgan fingerprint density at radius 3 is 1.13 bits per heavy atom. The van der Waals surface area contributed by atoms with Crippen molar-refractivity contribution in [2.24, 2.45) is 88.8 Å². The molecule has 22 bridgehead atoms. The summed E-state index contributed by atoms with van der Waals surface area (Å²) in [6, 6.07) is 3.59. The molecule has 0 spiro atoms. The standard InChI is InChI=1S/C12H20O.C11H21NO.C10H18O.C9H17NO.C9H15N.2C9H16O.2C8H15N.C3H8O/c1-2-13-12-6-9-3-10(7-12)5-11(4-9)8-12;1-3-13-11-7-9-5-4-6-10(8-11)12(9)2;1-2-11-10-7-8-3-5-9(10)6-4-8;1-2-11-9-7-8-3-5-10(9)6-4-8;1-7-2-9-3-8(1)5-10(4-7)6-9;1-2-10-9-6-7-3-4-8(9)5-7;1-2-10-9-7-3-4-8(9)6-5-7;2*1-2-9-6-7-3-4-8(9)5-7;1-3-4-2/h9-11H,2-8H2,1H3;9-11H,3-8H2,1-2H3;8-10H,2-7H2,1H3;8-9H,2-7H2,1H3;7-9H,1-6H2;2*7-9H,2-6H2,1H3;2*7-8H,2-6H2,1H3;3H2,1-2H3. The van der Waals surface area contributed by atoms with Gasteiger partial charge in [-0.1, -0.05) is 20.3 Å². The fraction of sp³-hybridized carbons (Fsp3) is 1.00. The van der Waals surface area contributed by atoms with Crippen LogP contribution in [0.5, 0.6) is 0 Å². The van der Waals surface area contributed by atoms with E-state index < -0.39 is 0 Å². The van der Waals surface area contributed by atoms with Gasteiger partial charge in [0.05, 0.1) is 30.0 Å². The lowest BCUT2D eigenvalue weighted by molar-refractivity contribution is -0.159. The predicted octanol–water partition coefficient (Wildman–Crippen LogP) is 18.5. The zero-order chi connectivity index (χ0) is 70.0. The van der Waals surface area contributed by atoms with E-state index in [1.54, 1.807) is 26.4 Å². The molecule has 0 radical (unpaired) electrons. The molecular formula is C88H161N5O7. The largest absolute Gasteiger partial charge is 0.385 e. The Bertz CT molecular complexity index is 2060. The molecule has 11 unspecified atom stereocenters. The molecule has 14 aliphatic carbocycles. The van der Waals surface area contributed by atoms with E-state index in [2.05, 4.69) is 91.7 Å². The Kier molecular flexibility index (Phi) is 32.9. The van der Waals surface area contributed by atoms with E-state index in [9.17, 15) is 0 Å². The van der Waals surface area contributed by atoms with Gasteiger partial charge in [-0.3, -0.25) is 4.90 Å². The molecule has 12 nitrogen and oxygen atoms in total. The first-order chi connectivity index (χ1) is 48.8. The molecule has 11 atom stereocenters. The Morgan fingerprint density at radius 2 is 0.770 bits per heavy atom. The van der Waals surface area contributed by atoms with Crippen molar-refractivity contribution in [2.75, 3.05) is 119 Å². The van der Waals surface area contributed by atoms with Crippen LogP contribution in [0.3, 0.4) is 0 Å². The summed E-state index contributed by atoms with van der Waals surface area (Å²) in [5, 5.41) is 0. The first-order valence-electron chi connectivity index (χ1n) is 44.7. The van der Waals surface area contributed by atoms with Crippen LogP contribution in [0.15, 0.2) is 0 Å². The molecular weight excluding hydrogens is 1240 g/mol. The van der Waals surface area contributed by atoms with Crippen LogP contribution in [0.25, 0.3) is 0 Å². The summed E-state index contributed by atoms with van der Waals surface area (Å²) in [7, 11) is 3.97. The van der Waals surface area contributed by atoms with Gasteiger partial charge in [-0.25, -0.2) is 0 Å². The lowest BCUT2D eigenvalue weighted by Gasteiger charge is -2.56. The van der Waals surface area contributed by atoms with Gasteiger partial charge < -0.3 is 52.8 Å². The summed E-state index contributed by atoms with van der Waals surface area (Å²) in [5.74, 6) is 15.3. The second-order valence-electron chi connectivity index (χ2n) is 36.8. The number of hydrogen-bond donors (Lipinski definition) is 0. The first kappa shape index (κ1) is 80.5. The molecule has 0 N–H and O–H groups in total. The van der Waals surface area contributed by atoms with Crippen molar-refractivity contribution in [3.8, 4) is 0 Å². The smallest absolute Gasteiger partial charge is 0.110 e. The molecule has 24 fully saturated rings. The maximum atomic E-state index is 6.04. The minimum Gasteiger partial charge on any atom is -0.385 e. The summed E-state index contributed by atoms with van der Waals surface area (Å²) in [5.41, 5.74) is 0.351. The predicted molar refractivity (Wildman–Crippen MR) is 413 cm³/mol. The molecule has 10 aliphatic heterocycles. The Hall–Kier alpha value is -0.480. The lowest BCUT2D eigenvalue weighted by Crippen LogP contribution is -2.53. The normalized spacial score (nSPS) is 44.2. The van der Waals surface area contributed by atoms with Gasteiger partial charge in [-0.15, -0.1) is 0 Å². The molecule has 24 rings (SSSR count). The van der Waals surface area contributed by atoms with Crippen molar-refractivity contribution >= 4 is 0 Å². The van der Waals surface area contributed by atoms with E-state index >= 15 is 0 Å². The third kappa shape index (κ3) is 22.4. The molecule has 10 saturated heterocycles. The SMILES string of the molecule is C1C2CC3CC1CN(C2)C3.CCN1CC2CCC1C2.CCN1CC2CCC1C2.CCOC.CCOC12CC3CC(CC(C3)C1)C2.CCOC1C2CCC1CC2.CCOC1CC2CCC1C2.CCOC1CC2CCC1CC2.CCOC1CC2CCCC(C1)N2C.CCOC1CC2CCN1CC2. The minimum atomic E-state index is 0.351. The van der Waals surface area contributed by atoms with Crippen LogP contribution in [-0.4, -0.2) is 204 Å². The molecule has 0 aromatic rings. The van der Waals surface area contributed by atoms with Crippen LogP contribution < -0.4 is 0 Å². The monoisotopic (exact) mass is 1400 g/mol. The van der Waals surface area contributed by atoms with Crippen molar-refractivity contribution < 1.29 is 33.2 Å². The van der Waals surface area contributed by atoms with Crippen LogP contribution in [0.2, 0.25) is 0 Å². The molecule has 24 aliphatic rings. The quantitative estimate of drug-likeness (QED) is 0.157. The van der Waals surface area contributed by atoms with Crippen LogP contribution in [0.1, 0.15) is 293 Å². The van der Waals surface area contributed by atoms with Crippen molar-refractivity contribution in [1.29, 1.82) is 0 Å². The van der Waals surface area contributed by atoms with Crippen molar-refractivity contribution in [1.82, 2.24) is 24.5 Å². The molecule has 100 heavy (non-hydrogen) atoms. The van der Waals surface area contributed by atoms with Gasteiger partial charge in [0.25, 0.3) is 0 Å². The van der Waals surface area contributed by atoms with Crippen LogP contribution >= 0.6 is 0 Å². The van der Waals surface area contributed by atoms with Crippen molar-refractivity contribution in [2.45, 2.75) is 354 Å². The average Bonchev–Trinajstić information content (AvgIpc) is 1.76. The summed E-state index contributed by atoms with van der Waals surface area (Å²) < 4.78 is 39.0. The van der Waals surface area contributed by atoms with Gasteiger partial charge in [-0.05, 0) is 382 Å². The second kappa shape index (κ2) is 40.8. The minimum absolute atomic E-state index is 0.351. The summed E-state index contributed by atoms with van der Waals surface area (Å²) >= 11 is 0. The lowest BCUT2D eigenvalue weighted by atomic mass is 9.54. The van der Waals surface area contributed by atoms with Gasteiger partial charge in [-0.2, -0.15) is 0 Å².